The van der Waals surface area contributed by atoms with E-state index in [-0.39, 0.29) is 43.7 Å². The summed E-state index contributed by atoms with van der Waals surface area (Å²) in [6.45, 7) is 3.65. The van der Waals surface area contributed by atoms with Crippen LogP contribution in [0.3, 0.4) is 0 Å². The molecule has 6 nitrogen and oxygen atoms in total. The Hall–Kier alpha value is -1.85. The largest absolute Gasteiger partial charge is 0.298 e. The Kier molecular flexibility index (Phi) is 4.07. The Morgan fingerprint density at radius 1 is 1.05 bits per heavy atom. The molecule has 1 heterocycles. The lowest BCUT2D eigenvalue weighted by atomic mass is 9.69. The molecule has 114 valence electrons. The SMILES string of the molecule is CC1(C)CC(=O)C(C(=O)CC2CC(=O)NC(=O)C2)C(=O)C1. The van der Waals surface area contributed by atoms with Gasteiger partial charge in [-0.3, -0.25) is 29.3 Å². The first-order valence-corrected chi connectivity index (χ1v) is 7.09. The molecule has 21 heavy (non-hydrogen) atoms. The Morgan fingerprint density at radius 3 is 2.00 bits per heavy atom. The van der Waals surface area contributed by atoms with Crippen molar-refractivity contribution in [3.63, 3.8) is 0 Å². The van der Waals surface area contributed by atoms with Crippen LogP contribution < -0.4 is 5.32 Å². The number of carbonyl (C=O) groups excluding carboxylic acids is 5. The fraction of sp³-hybridized carbons (Fsp3) is 0.667. The molecule has 0 bridgehead atoms. The van der Waals surface area contributed by atoms with Crippen LogP contribution in [0.2, 0.25) is 0 Å². The molecule has 2 aliphatic rings. The summed E-state index contributed by atoms with van der Waals surface area (Å²) >= 11 is 0. The lowest BCUT2D eigenvalue weighted by Crippen LogP contribution is -2.44. The molecule has 2 fully saturated rings. The number of amides is 2. The van der Waals surface area contributed by atoms with E-state index in [0.717, 1.165) is 0 Å². The van der Waals surface area contributed by atoms with Gasteiger partial charge >= 0.3 is 0 Å². The third-order valence-electron chi connectivity index (χ3n) is 3.99. The van der Waals surface area contributed by atoms with E-state index < -0.39 is 34.8 Å². The standard InChI is InChI=1S/C15H19NO5/c1-15(2)6-10(18)14(11(19)7-15)9(17)3-8-4-12(20)16-13(21)5-8/h8,14H,3-7H2,1-2H3,(H,16,20,21). The zero-order valence-electron chi connectivity index (χ0n) is 12.2. The van der Waals surface area contributed by atoms with Crippen molar-refractivity contribution in [3.8, 4) is 0 Å². The van der Waals surface area contributed by atoms with E-state index in [4.69, 9.17) is 0 Å². The molecule has 1 aliphatic heterocycles. The second-order valence-corrected chi connectivity index (χ2v) is 6.80. The van der Waals surface area contributed by atoms with Crippen LogP contribution in [0, 0.1) is 17.3 Å². The lowest BCUT2D eigenvalue weighted by Gasteiger charge is -2.32. The zero-order valence-corrected chi connectivity index (χ0v) is 12.2. The van der Waals surface area contributed by atoms with Gasteiger partial charge in [-0.25, -0.2) is 0 Å². The molecule has 2 rings (SSSR count). The van der Waals surface area contributed by atoms with Crippen LogP contribution in [0.1, 0.15) is 46.0 Å². The van der Waals surface area contributed by atoms with Crippen LogP contribution >= 0.6 is 0 Å². The van der Waals surface area contributed by atoms with Crippen molar-refractivity contribution in [2.24, 2.45) is 17.3 Å². The number of hydrogen-bond acceptors (Lipinski definition) is 5. The van der Waals surface area contributed by atoms with Crippen molar-refractivity contribution in [3.05, 3.63) is 0 Å². The molecule has 1 N–H and O–H groups in total. The van der Waals surface area contributed by atoms with Crippen LogP contribution in [0.4, 0.5) is 0 Å². The molecule has 0 spiro atoms. The van der Waals surface area contributed by atoms with Crippen molar-refractivity contribution in [1.82, 2.24) is 5.32 Å². The molecule has 0 atom stereocenters. The van der Waals surface area contributed by atoms with Gasteiger partial charge in [-0.2, -0.15) is 0 Å². The van der Waals surface area contributed by atoms with Crippen LogP contribution in [0.25, 0.3) is 0 Å². The Balaban J connectivity index is 2.03. The van der Waals surface area contributed by atoms with Gasteiger partial charge in [0.15, 0.2) is 17.3 Å². The first-order valence-electron chi connectivity index (χ1n) is 7.09. The van der Waals surface area contributed by atoms with Crippen LogP contribution in [-0.4, -0.2) is 29.2 Å². The first kappa shape index (κ1) is 15.5. The normalized spacial score (nSPS) is 24.1. The van der Waals surface area contributed by atoms with E-state index in [1.165, 1.54) is 0 Å². The van der Waals surface area contributed by atoms with Crippen LogP contribution in [-0.2, 0) is 24.0 Å². The van der Waals surface area contributed by atoms with Crippen LogP contribution in [0.5, 0.6) is 0 Å². The fourth-order valence-electron chi connectivity index (χ4n) is 3.15. The van der Waals surface area contributed by atoms with E-state index >= 15 is 0 Å². The number of carbonyl (C=O) groups is 5. The Morgan fingerprint density at radius 2 is 1.52 bits per heavy atom. The van der Waals surface area contributed by atoms with Gasteiger partial charge in [0.25, 0.3) is 0 Å². The number of piperidine rings is 1. The summed E-state index contributed by atoms with van der Waals surface area (Å²) in [5.74, 6) is -3.56. The lowest BCUT2D eigenvalue weighted by molar-refractivity contribution is -0.145. The van der Waals surface area contributed by atoms with E-state index in [2.05, 4.69) is 5.32 Å². The third kappa shape index (κ3) is 3.62. The predicted molar refractivity (Wildman–Crippen MR) is 72.0 cm³/mol. The first-order chi connectivity index (χ1) is 9.68. The summed E-state index contributed by atoms with van der Waals surface area (Å²) in [6.07, 6.45) is 0.510. The minimum Gasteiger partial charge on any atom is -0.298 e. The number of imide groups is 1. The van der Waals surface area contributed by atoms with Gasteiger partial charge in [-0.05, 0) is 11.3 Å². The molecule has 1 saturated heterocycles. The summed E-state index contributed by atoms with van der Waals surface area (Å²) in [5, 5.41) is 2.17. The van der Waals surface area contributed by atoms with E-state index in [0.29, 0.717) is 0 Å². The van der Waals surface area contributed by atoms with Gasteiger partial charge in [-0.1, -0.05) is 13.8 Å². The topological polar surface area (TPSA) is 97.4 Å². The quantitative estimate of drug-likeness (QED) is 0.606. The molecule has 2 amide bonds. The minimum absolute atomic E-state index is 0.0677. The summed E-state index contributed by atoms with van der Waals surface area (Å²) in [7, 11) is 0. The second-order valence-electron chi connectivity index (χ2n) is 6.80. The maximum Gasteiger partial charge on any atom is 0.226 e. The average Bonchev–Trinajstić information content (AvgIpc) is 2.23. The molecule has 6 heteroatoms. The molecular weight excluding hydrogens is 274 g/mol. The second kappa shape index (κ2) is 5.50. The number of nitrogens with one attached hydrogen (secondary N) is 1. The highest BCUT2D eigenvalue weighted by Gasteiger charge is 2.43. The van der Waals surface area contributed by atoms with Gasteiger partial charge in [0.2, 0.25) is 11.8 Å². The molecular formula is C15H19NO5. The number of Topliss-reactive ketones (excluding diaryl/α,β-unsaturated/α-hetero) is 3. The van der Waals surface area contributed by atoms with Gasteiger partial charge < -0.3 is 0 Å². The van der Waals surface area contributed by atoms with Crippen molar-refractivity contribution in [1.29, 1.82) is 0 Å². The van der Waals surface area contributed by atoms with Crippen molar-refractivity contribution in [2.75, 3.05) is 0 Å². The van der Waals surface area contributed by atoms with Gasteiger partial charge in [-0.15, -0.1) is 0 Å². The summed E-state index contributed by atoms with van der Waals surface area (Å²) in [5.41, 5.74) is -0.397. The number of rotatable bonds is 3. The summed E-state index contributed by atoms with van der Waals surface area (Å²) < 4.78 is 0. The average molecular weight is 293 g/mol. The van der Waals surface area contributed by atoms with Crippen molar-refractivity contribution >= 4 is 29.2 Å². The van der Waals surface area contributed by atoms with Gasteiger partial charge in [0, 0.05) is 32.1 Å². The van der Waals surface area contributed by atoms with Crippen molar-refractivity contribution in [2.45, 2.75) is 46.0 Å². The number of ketones is 3. The molecule has 0 radical (unpaired) electrons. The highest BCUT2D eigenvalue weighted by Crippen LogP contribution is 2.35. The maximum absolute atomic E-state index is 12.2. The predicted octanol–water partition coefficient (Wildman–Crippen LogP) is 0.573. The molecule has 1 saturated carbocycles. The van der Waals surface area contributed by atoms with Crippen LogP contribution in [0.15, 0.2) is 0 Å². The zero-order chi connectivity index (χ0) is 15.8. The minimum atomic E-state index is -1.20. The monoisotopic (exact) mass is 293 g/mol. The third-order valence-corrected chi connectivity index (χ3v) is 3.99. The van der Waals surface area contributed by atoms with E-state index in [1.54, 1.807) is 0 Å². The van der Waals surface area contributed by atoms with E-state index in [1.807, 2.05) is 13.8 Å². The molecule has 1 aliphatic carbocycles. The molecule has 0 aromatic carbocycles. The molecule has 0 aromatic rings. The fourth-order valence-corrected chi connectivity index (χ4v) is 3.15. The van der Waals surface area contributed by atoms with Crippen molar-refractivity contribution < 1.29 is 24.0 Å². The highest BCUT2D eigenvalue weighted by atomic mass is 16.2. The van der Waals surface area contributed by atoms with Gasteiger partial charge in [0.05, 0.1) is 0 Å². The highest BCUT2D eigenvalue weighted by molar-refractivity contribution is 6.21. The molecule has 0 aromatic heterocycles. The van der Waals surface area contributed by atoms with E-state index in [9.17, 15) is 24.0 Å². The molecule has 0 unspecified atom stereocenters. The Labute approximate surface area is 122 Å². The summed E-state index contributed by atoms with van der Waals surface area (Å²) in [4.78, 5) is 58.9. The van der Waals surface area contributed by atoms with Gasteiger partial charge in [0.1, 0.15) is 5.92 Å². The maximum atomic E-state index is 12.2. The summed E-state index contributed by atoms with van der Waals surface area (Å²) in [6, 6.07) is 0. The number of hydrogen-bond donors (Lipinski definition) is 1. The smallest absolute Gasteiger partial charge is 0.226 e. The Bertz CT molecular complexity index is 498.